The molecule has 0 saturated heterocycles. The lowest BCUT2D eigenvalue weighted by atomic mass is 10.1. The fraction of sp³-hybridized carbons (Fsp3) is 0.467. The summed E-state index contributed by atoms with van der Waals surface area (Å²) in [6, 6.07) is 8.71. The SMILES string of the molecule is OCC#Cc1cccc(CN(CCO)C2CC2)c1. The maximum atomic E-state index is 9.07. The molecule has 1 aliphatic carbocycles. The van der Waals surface area contributed by atoms with Gasteiger partial charge in [0, 0.05) is 24.7 Å². The Hall–Kier alpha value is -1.34. The van der Waals surface area contributed by atoms with Crippen LogP contribution in [0.4, 0.5) is 0 Å². The zero-order chi connectivity index (χ0) is 12.8. The summed E-state index contributed by atoms with van der Waals surface area (Å²) in [4.78, 5) is 2.32. The smallest absolute Gasteiger partial charge is 0.104 e. The average Bonchev–Trinajstić information content (AvgIpc) is 3.21. The molecular formula is C15H19NO2. The van der Waals surface area contributed by atoms with E-state index in [4.69, 9.17) is 10.2 Å². The number of aliphatic hydroxyl groups excluding tert-OH is 2. The van der Waals surface area contributed by atoms with Gasteiger partial charge < -0.3 is 10.2 Å². The third-order valence-corrected chi connectivity index (χ3v) is 3.07. The fourth-order valence-electron chi connectivity index (χ4n) is 2.08. The van der Waals surface area contributed by atoms with E-state index in [1.165, 1.54) is 18.4 Å². The Kier molecular flexibility index (Phi) is 4.77. The van der Waals surface area contributed by atoms with Crippen LogP contribution in [0.25, 0.3) is 0 Å². The zero-order valence-electron chi connectivity index (χ0n) is 10.5. The minimum Gasteiger partial charge on any atom is -0.395 e. The number of hydrogen-bond donors (Lipinski definition) is 2. The molecule has 0 atom stereocenters. The van der Waals surface area contributed by atoms with Gasteiger partial charge in [-0.05, 0) is 30.5 Å². The molecule has 1 saturated carbocycles. The van der Waals surface area contributed by atoms with Crippen LogP contribution in [-0.4, -0.2) is 40.9 Å². The Morgan fingerprint density at radius 2 is 2.11 bits per heavy atom. The summed E-state index contributed by atoms with van der Waals surface area (Å²) in [6.45, 7) is 1.69. The van der Waals surface area contributed by atoms with Crippen molar-refractivity contribution in [2.75, 3.05) is 19.8 Å². The highest BCUT2D eigenvalue weighted by Gasteiger charge is 2.28. The molecule has 0 bridgehead atoms. The molecule has 1 aromatic rings. The van der Waals surface area contributed by atoms with Gasteiger partial charge in [0.2, 0.25) is 0 Å². The summed E-state index contributed by atoms with van der Waals surface area (Å²) in [5.41, 5.74) is 2.14. The van der Waals surface area contributed by atoms with Crippen LogP contribution < -0.4 is 0 Å². The van der Waals surface area contributed by atoms with E-state index in [2.05, 4.69) is 28.9 Å². The predicted octanol–water partition coefficient (Wildman–Crippen LogP) is 0.987. The molecule has 1 aromatic carbocycles. The van der Waals surface area contributed by atoms with E-state index < -0.39 is 0 Å². The Morgan fingerprint density at radius 3 is 2.78 bits per heavy atom. The van der Waals surface area contributed by atoms with Gasteiger partial charge in [-0.3, -0.25) is 4.90 Å². The molecule has 1 aliphatic rings. The van der Waals surface area contributed by atoms with Gasteiger partial charge in [-0.25, -0.2) is 0 Å². The molecule has 1 fully saturated rings. The topological polar surface area (TPSA) is 43.7 Å². The largest absolute Gasteiger partial charge is 0.395 e. The first-order valence-corrected chi connectivity index (χ1v) is 6.37. The maximum absolute atomic E-state index is 9.07. The lowest BCUT2D eigenvalue weighted by Gasteiger charge is -2.20. The van der Waals surface area contributed by atoms with Crippen LogP contribution >= 0.6 is 0 Å². The third-order valence-electron chi connectivity index (χ3n) is 3.07. The second-order valence-electron chi connectivity index (χ2n) is 4.59. The quantitative estimate of drug-likeness (QED) is 0.760. The molecule has 96 valence electrons. The minimum atomic E-state index is -0.108. The molecule has 0 aromatic heterocycles. The van der Waals surface area contributed by atoms with Crippen LogP contribution in [0.3, 0.4) is 0 Å². The normalized spacial score (nSPS) is 14.4. The predicted molar refractivity (Wildman–Crippen MR) is 70.9 cm³/mol. The molecule has 18 heavy (non-hydrogen) atoms. The van der Waals surface area contributed by atoms with Crippen LogP contribution in [0.5, 0.6) is 0 Å². The summed E-state index contributed by atoms with van der Waals surface area (Å²) < 4.78 is 0. The van der Waals surface area contributed by atoms with E-state index in [0.29, 0.717) is 6.04 Å². The molecule has 0 amide bonds. The molecule has 3 nitrogen and oxygen atoms in total. The lowest BCUT2D eigenvalue weighted by molar-refractivity contribution is 0.183. The summed E-state index contributed by atoms with van der Waals surface area (Å²) >= 11 is 0. The third kappa shape index (κ3) is 3.85. The average molecular weight is 245 g/mol. The van der Waals surface area contributed by atoms with Gasteiger partial charge >= 0.3 is 0 Å². The molecule has 3 heteroatoms. The molecule has 0 unspecified atom stereocenters. The molecule has 2 N–H and O–H groups in total. The first kappa shape index (κ1) is 13.1. The van der Waals surface area contributed by atoms with E-state index in [0.717, 1.165) is 18.7 Å². The lowest BCUT2D eigenvalue weighted by Crippen LogP contribution is -2.28. The Morgan fingerprint density at radius 1 is 1.28 bits per heavy atom. The molecule has 2 rings (SSSR count). The standard InChI is InChI=1S/C15H19NO2/c17-9-2-5-13-3-1-4-14(11-13)12-16(8-10-18)15-6-7-15/h1,3-4,11,15,17-18H,6-10,12H2. The summed E-state index contributed by atoms with van der Waals surface area (Å²) in [5.74, 6) is 5.57. The number of hydrogen-bond acceptors (Lipinski definition) is 3. The van der Waals surface area contributed by atoms with Crippen LogP contribution in [0.15, 0.2) is 24.3 Å². The molecular weight excluding hydrogens is 226 g/mol. The molecule has 0 spiro atoms. The van der Waals surface area contributed by atoms with Crippen LogP contribution in [0.1, 0.15) is 24.0 Å². The van der Waals surface area contributed by atoms with Crippen molar-refractivity contribution in [1.29, 1.82) is 0 Å². The number of rotatable bonds is 5. The van der Waals surface area contributed by atoms with E-state index in [1.54, 1.807) is 0 Å². The summed E-state index contributed by atoms with van der Waals surface area (Å²) in [5, 5.41) is 17.8. The summed E-state index contributed by atoms with van der Waals surface area (Å²) in [6.07, 6.45) is 2.48. The van der Waals surface area contributed by atoms with Crippen LogP contribution in [-0.2, 0) is 6.54 Å². The molecule has 0 heterocycles. The van der Waals surface area contributed by atoms with Gasteiger partial charge in [-0.2, -0.15) is 0 Å². The van der Waals surface area contributed by atoms with E-state index in [1.807, 2.05) is 12.1 Å². The summed E-state index contributed by atoms with van der Waals surface area (Å²) in [7, 11) is 0. The van der Waals surface area contributed by atoms with Crippen molar-refractivity contribution in [2.45, 2.75) is 25.4 Å². The number of nitrogens with zero attached hydrogens (tertiary/aromatic N) is 1. The van der Waals surface area contributed by atoms with Gasteiger partial charge in [0.25, 0.3) is 0 Å². The van der Waals surface area contributed by atoms with Crippen molar-refractivity contribution in [1.82, 2.24) is 4.90 Å². The van der Waals surface area contributed by atoms with Crippen molar-refractivity contribution < 1.29 is 10.2 Å². The second-order valence-corrected chi connectivity index (χ2v) is 4.59. The molecule has 0 radical (unpaired) electrons. The minimum absolute atomic E-state index is 0.108. The maximum Gasteiger partial charge on any atom is 0.104 e. The Labute approximate surface area is 108 Å². The van der Waals surface area contributed by atoms with E-state index in [9.17, 15) is 0 Å². The van der Waals surface area contributed by atoms with E-state index >= 15 is 0 Å². The van der Waals surface area contributed by atoms with Crippen molar-refractivity contribution >= 4 is 0 Å². The van der Waals surface area contributed by atoms with Crippen LogP contribution in [0.2, 0.25) is 0 Å². The van der Waals surface area contributed by atoms with Gasteiger partial charge in [0.05, 0.1) is 6.61 Å². The van der Waals surface area contributed by atoms with Crippen molar-refractivity contribution in [3.05, 3.63) is 35.4 Å². The highest BCUT2D eigenvalue weighted by Crippen LogP contribution is 2.27. The highest BCUT2D eigenvalue weighted by molar-refractivity contribution is 5.37. The first-order valence-electron chi connectivity index (χ1n) is 6.37. The van der Waals surface area contributed by atoms with Gasteiger partial charge in [-0.1, -0.05) is 24.0 Å². The van der Waals surface area contributed by atoms with Crippen LogP contribution in [0, 0.1) is 11.8 Å². The van der Waals surface area contributed by atoms with E-state index in [-0.39, 0.29) is 13.2 Å². The fourth-order valence-corrected chi connectivity index (χ4v) is 2.08. The Bertz CT molecular complexity index is 443. The molecule has 0 aliphatic heterocycles. The van der Waals surface area contributed by atoms with Crippen molar-refractivity contribution in [2.24, 2.45) is 0 Å². The monoisotopic (exact) mass is 245 g/mol. The Balaban J connectivity index is 2.03. The number of aliphatic hydroxyl groups is 2. The van der Waals surface area contributed by atoms with Crippen molar-refractivity contribution in [3.63, 3.8) is 0 Å². The van der Waals surface area contributed by atoms with Gasteiger partial charge in [0.1, 0.15) is 6.61 Å². The first-order chi connectivity index (χ1) is 8.83. The van der Waals surface area contributed by atoms with Gasteiger partial charge in [-0.15, -0.1) is 0 Å². The highest BCUT2D eigenvalue weighted by atomic mass is 16.3. The van der Waals surface area contributed by atoms with Crippen molar-refractivity contribution in [3.8, 4) is 11.8 Å². The van der Waals surface area contributed by atoms with Gasteiger partial charge in [0.15, 0.2) is 0 Å². The second kappa shape index (κ2) is 6.55. The number of benzene rings is 1. The zero-order valence-corrected chi connectivity index (χ0v) is 10.5.